The van der Waals surface area contributed by atoms with Crippen molar-refractivity contribution in [3.63, 3.8) is 0 Å². The molecule has 2 rings (SSSR count). The van der Waals surface area contributed by atoms with Crippen LogP contribution in [0.3, 0.4) is 0 Å². The molecule has 0 saturated heterocycles. The van der Waals surface area contributed by atoms with Crippen LogP contribution in [-0.4, -0.2) is 11.8 Å². The van der Waals surface area contributed by atoms with E-state index in [9.17, 15) is 9.59 Å². The van der Waals surface area contributed by atoms with Gasteiger partial charge in [-0.1, -0.05) is 75.2 Å². The van der Waals surface area contributed by atoms with Crippen LogP contribution in [0.15, 0.2) is 60.7 Å². The molecule has 2 aromatic rings. The van der Waals surface area contributed by atoms with Crippen molar-refractivity contribution in [1.29, 1.82) is 0 Å². The van der Waals surface area contributed by atoms with Gasteiger partial charge in [0.25, 0.3) is 0 Å². The van der Waals surface area contributed by atoms with Crippen molar-refractivity contribution in [3.05, 3.63) is 66.2 Å². The van der Waals surface area contributed by atoms with Crippen LogP contribution in [0.2, 0.25) is 0 Å². The minimum Gasteiger partial charge on any atom is -0.341 e. The molecule has 2 N–H and O–H groups in total. The molecule has 24 heavy (non-hydrogen) atoms. The average Bonchev–Trinajstić information content (AvgIpc) is 2.63. The first kappa shape index (κ1) is 17.7. The Labute approximate surface area is 143 Å². The van der Waals surface area contributed by atoms with E-state index in [-0.39, 0.29) is 12.0 Å². The topological polar surface area (TPSA) is 58.2 Å². The highest BCUT2D eigenvalue weighted by molar-refractivity contribution is 6.39. The van der Waals surface area contributed by atoms with Gasteiger partial charge in [-0.05, 0) is 23.6 Å². The molecule has 0 aromatic heterocycles. The number of hydrogen-bond donors (Lipinski definition) is 2. The Bertz CT molecular complexity index is 652. The van der Waals surface area contributed by atoms with Gasteiger partial charge in [-0.25, -0.2) is 0 Å². The summed E-state index contributed by atoms with van der Waals surface area (Å²) in [6.07, 6.45) is 1.85. The molecule has 0 bridgehead atoms. The van der Waals surface area contributed by atoms with E-state index in [1.165, 1.54) is 0 Å². The van der Waals surface area contributed by atoms with E-state index >= 15 is 0 Å². The number of benzene rings is 2. The molecule has 0 heterocycles. The third-order valence-electron chi connectivity index (χ3n) is 4.20. The first-order chi connectivity index (χ1) is 11.7. The van der Waals surface area contributed by atoms with E-state index in [0.717, 1.165) is 18.4 Å². The minimum atomic E-state index is -0.645. The van der Waals surface area contributed by atoms with Gasteiger partial charge >= 0.3 is 11.8 Å². The van der Waals surface area contributed by atoms with Gasteiger partial charge in [0.2, 0.25) is 0 Å². The summed E-state index contributed by atoms with van der Waals surface area (Å²) in [5, 5.41) is 5.53. The maximum Gasteiger partial charge on any atom is 0.313 e. The Kier molecular flexibility index (Phi) is 6.55. The SMILES string of the molecule is CCC(CC)C(NC(=O)C(=O)Nc1ccccc1)c1ccccc1. The second-order valence-corrected chi connectivity index (χ2v) is 5.76. The lowest BCUT2D eigenvalue weighted by atomic mass is 9.89. The molecule has 0 aliphatic heterocycles. The molecule has 0 fully saturated rings. The van der Waals surface area contributed by atoms with Gasteiger partial charge in [-0.2, -0.15) is 0 Å². The normalized spacial score (nSPS) is 11.8. The van der Waals surface area contributed by atoms with Gasteiger partial charge in [-0.15, -0.1) is 0 Å². The molecule has 0 radical (unpaired) electrons. The quantitative estimate of drug-likeness (QED) is 0.791. The molecule has 0 aliphatic rings. The van der Waals surface area contributed by atoms with Gasteiger partial charge in [0.05, 0.1) is 6.04 Å². The van der Waals surface area contributed by atoms with Gasteiger partial charge < -0.3 is 10.6 Å². The predicted octanol–water partition coefficient (Wildman–Crippen LogP) is 3.92. The molecular formula is C20H24N2O2. The summed E-state index contributed by atoms with van der Waals surface area (Å²) in [6.45, 7) is 4.20. The number of anilines is 1. The Morgan fingerprint density at radius 2 is 1.38 bits per heavy atom. The Morgan fingerprint density at radius 1 is 0.833 bits per heavy atom. The summed E-state index contributed by atoms with van der Waals surface area (Å²) < 4.78 is 0. The number of rotatable bonds is 6. The largest absolute Gasteiger partial charge is 0.341 e. The molecule has 0 spiro atoms. The Balaban J connectivity index is 2.10. The summed E-state index contributed by atoms with van der Waals surface area (Å²) in [5.41, 5.74) is 1.63. The fourth-order valence-corrected chi connectivity index (χ4v) is 2.81. The zero-order valence-electron chi connectivity index (χ0n) is 14.2. The Hall–Kier alpha value is -2.62. The first-order valence-electron chi connectivity index (χ1n) is 8.37. The second-order valence-electron chi connectivity index (χ2n) is 5.76. The van der Waals surface area contributed by atoms with E-state index in [0.29, 0.717) is 5.69 Å². The van der Waals surface area contributed by atoms with E-state index in [4.69, 9.17) is 0 Å². The molecule has 2 amide bonds. The number of nitrogens with one attached hydrogen (secondary N) is 2. The standard InChI is InChI=1S/C20H24N2O2/c1-3-15(4-2)18(16-11-7-5-8-12-16)22-20(24)19(23)21-17-13-9-6-10-14-17/h5-15,18H,3-4H2,1-2H3,(H,21,23)(H,22,24). The van der Waals surface area contributed by atoms with Crippen LogP contribution in [0.25, 0.3) is 0 Å². The summed E-state index contributed by atoms with van der Waals surface area (Å²) in [7, 11) is 0. The van der Waals surface area contributed by atoms with Crippen LogP contribution < -0.4 is 10.6 Å². The molecule has 126 valence electrons. The zero-order valence-corrected chi connectivity index (χ0v) is 14.2. The lowest BCUT2D eigenvalue weighted by Crippen LogP contribution is -2.40. The van der Waals surface area contributed by atoms with Gasteiger partial charge in [0, 0.05) is 5.69 Å². The zero-order chi connectivity index (χ0) is 17.4. The second kappa shape index (κ2) is 8.87. The van der Waals surface area contributed by atoms with Crippen molar-refractivity contribution in [1.82, 2.24) is 5.32 Å². The molecule has 0 saturated carbocycles. The molecular weight excluding hydrogens is 300 g/mol. The van der Waals surface area contributed by atoms with Crippen LogP contribution in [-0.2, 0) is 9.59 Å². The molecule has 4 heteroatoms. The fourth-order valence-electron chi connectivity index (χ4n) is 2.81. The highest BCUT2D eigenvalue weighted by Crippen LogP contribution is 2.27. The molecule has 0 aliphatic carbocycles. The van der Waals surface area contributed by atoms with E-state index in [1.54, 1.807) is 12.1 Å². The molecule has 2 aromatic carbocycles. The maximum atomic E-state index is 12.3. The van der Waals surface area contributed by atoms with Crippen LogP contribution >= 0.6 is 0 Å². The first-order valence-corrected chi connectivity index (χ1v) is 8.37. The minimum absolute atomic E-state index is 0.171. The van der Waals surface area contributed by atoms with Crippen molar-refractivity contribution >= 4 is 17.5 Å². The van der Waals surface area contributed by atoms with E-state index in [1.807, 2.05) is 48.5 Å². The number of carbonyl (C=O) groups excluding carboxylic acids is 2. The lowest BCUT2D eigenvalue weighted by Gasteiger charge is -2.26. The van der Waals surface area contributed by atoms with Crippen LogP contribution in [0, 0.1) is 5.92 Å². The van der Waals surface area contributed by atoms with Crippen molar-refractivity contribution in [2.75, 3.05) is 5.32 Å². The van der Waals surface area contributed by atoms with Gasteiger partial charge in [0.1, 0.15) is 0 Å². The van der Waals surface area contributed by atoms with Crippen molar-refractivity contribution < 1.29 is 9.59 Å². The van der Waals surface area contributed by atoms with Crippen molar-refractivity contribution in [2.24, 2.45) is 5.92 Å². The summed E-state index contributed by atoms with van der Waals surface area (Å²) in [6, 6.07) is 18.6. The monoisotopic (exact) mass is 324 g/mol. The number of hydrogen-bond acceptors (Lipinski definition) is 2. The van der Waals surface area contributed by atoms with Crippen LogP contribution in [0.5, 0.6) is 0 Å². The van der Waals surface area contributed by atoms with E-state index in [2.05, 4.69) is 24.5 Å². The third kappa shape index (κ3) is 4.69. The maximum absolute atomic E-state index is 12.3. The lowest BCUT2D eigenvalue weighted by molar-refractivity contribution is -0.136. The number of carbonyl (C=O) groups is 2. The number of para-hydroxylation sites is 1. The highest BCUT2D eigenvalue weighted by Gasteiger charge is 2.25. The number of amides is 2. The molecule has 1 unspecified atom stereocenters. The molecule has 4 nitrogen and oxygen atoms in total. The third-order valence-corrected chi connectivity index (χ3v) is 4.20. The van der Waals surface area contributed by atoms with Crippen LogP contribution in [0.4, 0.5) is 5.69 Å². The average molecular weight is 324 g/mol. The van der Waals surface area contributed by atoms with Crippen molar-refractivity contribution in [2.45, 2.75) is 32.7 Å². The van der Waals surface area contributed by atoms with Crippen molar-refractivity contribution in [3.8, 4) is 0 Å². The molecule has 1 atom stereocenters. The van der Waals surface area contributed by atoms with Crippen LogP contribution in [0.1, 0.15) is 38.3 Å². The van der Waals surface area contributed by atoms with Gasteiger partial charge in [-0.3, -0.25) is 9.59 Å². The highest BCUT2D eigenvalue weighted by atomic mass is 16.2. The summed E-state index contributed by atoms with van der Waals surface area (Å²) in [4.78, 5) is 24.5. The van der Waals surface area contributed by atoms with E-state index < -0.39 is 11.8 Å². The summed E-state index contributed by atoms with van der Waals surface area (Å²) in [5.74, 6) is -0.978. The Morgan fingerprint density at radius 3 is 1.92 bits per heavy atom. The fraction of sp³-hybridized carbons (Fsp3) is 0.300. The smallest absolute Gasteiger partial charge is 0.313 e. The van der Waals surface area contributed by atoms with Gasteiger partial charge in [0.15, 0.2) is 0 Å². The summed E-state index contributed by atoms with van der Waals surface area (Å²) >= 11 is 0. The predicted molar refractivity (Wildman–Crippen MR) is 96.5 cm³/mol.